The van der Waals surface area contributed by atoms with E-state index in [2.05, 4.69) is 16.8 Å². The van der Waals surface area contributed by atoms with Gasteiger partial charge in [-0.15, -0.1) is 0 Å². The van der Waals surface area contributed by atoms with Crippen LogP contribution in [0.4, 0.5) is 13.2 Å². The maximum atomic E-state index is 13.4. The molecule has 0 aliphatic carbocycles. The molecule has 148 valence electrons. The molecule has 1 amide bonds. The Morgan fingerprint density at radius 3 is 2.41 bits per heavy atom. The van der Waals surface area contributed by atoms with Gasteiger partial charge in [-0.2, -0.15) is 13.2 Å². The SMILES string of the molecule is Cc1ccc(C2=CCN(C(=O)CN3CCN(C)CC3)CC2)c(C(F)(F)F)c1. The number of nitrogens with zero attached hydrogens (tertiary/aromatic N) is 3. The van der Waals surface area contributed by atoms with Gasteiger partial charge in [-0.1, -0.05) is 23.8 Å². The highest BCUT2D eigenvalue weighted by Crippen LogP contribution is 2.37. The first kappa shape index (κ1) is 19.9. The Morgan fingerprint density at radius 2 is 1.81 bits per heavy atom. The predicted molar refractivity (Wildman–Crippen MR) is 99.3 cm³/mol. The van der Waals surface area contributed by atoms with Crippen molar-refractivity contribution in [2.24, 2.45) is 0 Å². The van der Waals surface area contributed by atoms with Gasteiger partial charge in [-0.3, -0.25) is 9.69 Å². The van der Waals surface area contributed by atoms with E-state index in [1.807, 2.05) is 0 Å². The number of carbonyl (C=O) groups excluding carboxylic acids is 1. The summed E-state index contributed by atoms with van der Waals surface area (Å²) < 4.78 is 40.1. The van der Waals surface area contributed by atoms with E-state index in [1.165, 1.54) is 6.07 Å². The molecule has 0 radical (unpaired) electrons. The van der Waals surface area contributed by atoms with E-state index in [1.54, 1.807) is 30.0 Å². The van der Waals surface area contributed by atoms with Crippen molar-refractivity contribution in [3.05, 3.63) is 41.0 Å². The summed E-state index contributed by atoms with van der Waals surface area (Å²) in [7, 11) is 2.07. The van der Waals surface area contributed by atoms with Gasteiger partial charge in [0.2, 0.25) is 5.91 Å². The van der Waals surface area contributed by atoms with Gasteiger partial charge in [0.05, 0.1) is 12.1 Å². The van der Waals surface area contributed by atoms with E-state index >= 15 is 0 Å². The van der Waals surface area contributed by atoms with Crippen LogP contribution in [0.3, 0.4) is 0 Å². The summed E-state index contributed by atoms with van der Waals surface area (Å²) >= 11 is 0. The number of likely N-dealkylation sites (N-methyl/N-ethyl adjacent to an activating group) is 1. The number of piperazine rings is 1. The van der Waals surface area contributed by atoms with Gasteiger partial charge < -0.3 is 9.80 Å². The van der Waals surface area contributed by atoms with Crippen LogP contribution in [0, 0.1) is 6.92 Å². The zero-order valence-electron chi connectivity index (χ0n) is 15.9. The molecule has 1 aromatic carbocycles. The average Bonchev–Trinajstić information content (AvgIpc) is 2.63. The normalized spacial score (nSPS) is 19.9. The van der Waals surface area contributed by atoms with Crippen LogP contribution in [0.1, 0.15) is 23.1 Å². The minimum absolute atomic E-state index is 0.0507. The number of halogens is 3. The molecule has 0 unspecified atom stereocenters. The fourth-order valence-electron chi connectivity index (χ4n) is 3.61. The lowest BCUT2D eigenvalue weighted by Crippen LogP contribution is -2.49. The number of aryl methyl sites for hydroxylation is 1. The molecule has 0 saturated carbocycles. The molecule has 2 heterocycles. The fourth-order valence-corrected chi connectivity index (χ4v) is 3.61. The van der Waals surface area contributed by atoms with Crippen molar-refractivity contribution in [1.29, 1.82) is 0 Å². The van der Waals surface area contributed by atoms with Crippen LogP contribution in [-0.2, 0) is 11.0 Å². The third-order valence-electron chi connectivity index (χ3n) is 5.34. The zero-order chi connectivity index (χ0) is 19.6. The summed E-state index contributed by atoms with van der Waals surface area (Å²) in [4.78, 5) is 18.6. The molecule has 0 spiro atoms. The van der Waals surface area contributed by atoms with Gasteiger partial charge in [-0.05, 0) is 37.6 Å². The van der Waals surface area contributed by atoms with E-state index in [0.717, 1.165) is 26.2 Å². The highest BCUT2D eigenvalue weighted by Gasteiger charge is 2.34. The predicted octanol–water partition coefficient (Wildman–Crippen LogP) is 2.88. The lowest BCUT2D eigenvalue weighted by Gasteiger charge is -2.34. The summed E-state index contributed by atoms with van der Waals surface area (Å²) in [6.07, 6.45) is -2.16. The first-order valence-electron chi connectivity index (χ1n) is 9.30. The molecule has 1 aromatic rings. The Morgan fingerprint density at radius 1 is 1.11 bits per heavy atom. The van der Waals surface area contributed by atoms with Gasteiger partial charge >= 0.3 is 6.18 Å². The molecule has 1 saturated heterocycles. The molecule has 2 aliphatic heterocycles. The van der Waals surface area contributed by atoms with Gasteiger partial charge in [0.1, 0.15) is 0 Å². The Kier molecular flexibility index (Phi) is 5.91. The van der Waals surface area contributed by atoms with E-state index in [-0.39, 0.29) is 11.5 Å². The summed E-state index contributed by atoms with van der Waals surface area (Å²) in [6.45, 7) is 6.51. The van der Waals surface area contributed by atoms with E-state index in [9.17, 15) is 18.0 Å². The van der Waals surface area contributed by atoms with Crippen LogP contribution in [0.2, 0.25) is 0 Å². The first-order valence-corrected chi connectivity index (χ1v) is 9.30. The Hall–Kier alpha value is -1.86. The summed E-state index contributed by atoms with van der Waals surface area (Å²) in [6, 6.07) is 4.45. The van der Waals surface area contributed by atoms with Crippen LogP contribution >= 0.6 is 0 Å². The quantitative estimate of drug-likeness (QED) is 0.806. The van der Waals surface area contributed by atoms with E-state index in [4.69, 9.17) is 0 Å². The smallest absolute Gasteiger partial charge is 0.338 e. The van der Waals surface area contributed by atoms with Gasteiger partial charge in [0, 0.05) is 39.3 Å². The number of carbonyl (C=O) groups is 1. The molecule has 3 rings (SSSR count). The molecule has 0 N–H and O–H groups in total. The molecule has 7 heteroatoms. The zero-order valence-corrected chi connectivity index (χ0v) is 15.9. The minimum atomic E-state index is -4.38. The molecular weight excluding hydrogens is 355 g/mol. The third-order valence-corrected chi connectivity index (χ3v) is 5.34. The molecule has 0 atom stereocenters. The standard InChI is InChI=1S/C20H26F3N3O/c1-15-3-4-17(18(13-15)20(21,22)23)16-5-7-26(8-6-16)19(27)14-25-11-9-24(2)10-12-25/h3-5,13H,6-12,14H2,1-2H3. The molecule has 0 bridgehead atoms. The highest BCUT2D eigenvalue weighted by molar-refractivity contribution is 5.80. The van der Waals surface area contributed by atoms with Crippen LogP contribution in [-0.4, -0.2) is 73.5 Å². The average molecular weight is 381 g/mol. The van der Waals surface area contributed by atoms with E-state index in [0.29, 0.717) is 37.2 Å². The first-order chi connectivity index (χ1) is 12.7. The summed E-state index contributed by atoms with van der Waals surface area (Å²) in [5.74, 6) is 0.0507. The lowest BCUT2D eigenvalue weighted by molar-refractivity contribution is -0.138. The molecule has 0 aromatic heterocycles. The largest absolute Gasteiger partial charge is 0.417 e. The topological polar surface area (TPSA) is 26.8 Å². The second-order valence-corrected chi connectivity index (χ2v) is 7.45. The van der Waals surface area contributed by atoms with Crippen molar-refractivity contribution in [3.8, 4) is 0 Å². The van der Waals surface area contributed by atoms with Crippen LogP contribution < -0.4 is 0 Å². The molecule has 27 heavy (non-hydrogen) atoms. The monoisotopic (exact) mass is 381 g/mol. The number of alkyl halides is 3. The van der Waals surface area contributed by atoms with Crippen LogP contribution in [0.15, 0.2) is 24.3 Å². The highest BCUT2D eigenvalue weighted by atomic mass is 19.4. The van der Waals surface area contributed by atoms with Crippen molar-refractivity contribution in [2.75, 3.05) is 52.9 Å². The second kappa shape index (κ2) is 8.02. The maximum absolute atomic E-state index is 13.4. The Bertz CT molecular complexity index is 722. The van der Waals surface area contributed by atoms with Gasteiger partial charge in [-0.25, -0.2) is 0 Å². The molecule has 1 fully saturated rings. The second-order valence-electron chi connectivity index (χ2n) is 7.45. The van der Waals surface area contributed by atoms with Crippen molar-refractivity contribution in [2.45, 2.75) is 19.5 Å². The van der Waals surface area contributed by atoms with Gasteiger partial charge in [0.15, 0.2) is 0 Å². The Labute approximate surface area is 158 Å². The number of benzene rings is 1. The van der Waals surface area contributed by atoms with Crippen LogP contribution in [0.5, 0.6) is 0 Å². The maximum Gasteiger partial charge on any atom is 0.417 e. The molecular formula is C20H26F3N3O. The van der Waals surface area contributed by atoms with Gasteiger partial charge in [0.25, 0.3) is 0 Å². The van der Waals surface area contributed by atoms with Crippen molar-refractivity contribution < 1.29 is 18.0 Å². The summed E-state index contributed by atoms with van der Waals surface area (Å²) in [5, 5.41) is 0. The van der Waals surface area contributed by atoms with Crippen molar-refractivity contribution >= 4 is 11.5 Å². The third kappa shape index (κ3) is 4.90. The Balaban J connectivity index is 1.66. The number of rotatable bonds is 3. The van der Waals surface area contributed by atoms with Crippen molar-refractivity contribution in [1.82, 2.24) is 14.7 Å². The number of hydrogen-bond donors (Lipinski definition) is 0. The van der Waals surface area contributed by atoms with E-state index < -0.39 is 11.7 Å². The molecule has 4 nitrogen and oxygen atoms in total. The molecule has 2 aliphatic rings. The minimum Gasteiger partial charge on any atom is -0.338 e. The number of hydrogen-bond acceptors (Lipinski definition) is 3. The van der Waals surface area contributed by atoms with Crippen LogP contribution in [0.25, 0.3) is 5.57 Å². The van der Waals surface area contributed by atoms with Crippen molar-refractivity contribution in [3.63, 3.8) is 0 Å². The fraction of sp³-hybridized carbons (Fsp3) is 0.550. The number of amides is 1. The summed E-state index contributed by atoms with van der Waals surface area (Å²) in [5.41, 5.74) is 0.905. The lowest BCUT2D eigenvalue weighted by atomic mass is 9.93.